The SMILES string of the molecule is CNC(=O)Nc1ccccc1-c1cccc2cc(C(=O)NC3CN4CCC3CC4)oc12. The molecule has 31 heavy (non-hydrogen) atoms. The molecule has 1 aromatic heterocycles. The van der Waals surface area contributed by atoms with Gasteiger partial charge in [-0.1, -0.05) is 36.4 Å². The van der Waals surface area contributed by atoms with E-state index < -0.39 is 0 Å². The van der Waals surface area contributed by atoms with Crippen LogP contribution < -0.4 is 16.0 Å². The number of hydrogen-bond acceptors (Lipinski definition) is 4. The summed E-state index contributed by atoms with van der Waals surface area (Å²) in [6, 6.07) is 15.0. The molecular weight excluding hydrogens is 392 g/mol. The van der Waals surface area contributed by atoms with Gasteiger partial charge in [0.25, 0.3) is 5.91 Å². The number of anilines is 1. The van der Waals surface area contributed by atoms with Crippen molar-refractivity contribution >= 4 is 28.6 Å². The summed E-state index contributed by atoms with van der Waals surface area (Å²) >= 11 is 0. The molecule has 7 heteroatoms. The summed E-state index contributed by atoms with van der Waals surface area (Å²) in [4.78, 5) is 27.2. The van der Waals surface area contributed by atoms with Crippen molar-refractivity contribution in [3.8, 4) is 11.1 Å². The van der Waals surface area contributed by atoms with E-state index in [0.29, 0.717) is 22.9 Å². The average molecular weight is 418 g/mol. The maximum absolute atomic E-state index is 13.0. The lowest BCUT2D eigenvalue weighted by atomic mass is 9.84. The Hall–Kier alpha value is -3.32. The van der Waals surface area contributed by atoms with Crippen molar-refractivity contribution in [2.45, 2.75) is 18.9 Å². The Kier molecular flexibility index (Phi) is 5.11. The van der Waals surface area contributed by atoms with Crippen LogP contribution >= 0.6 is 0 Å². The Bertz CT molecular complexity index is 1130. The van der Waals surface area contributed by atoms with Crippen molar-refractivity contribution in [2.75, 3.05) is 32.0 Å². The molecule has 3 saturated heterocycles. The number of amides is 3. The highest BCUT2D eigenvalue weighted by Crippen LogP contribution is 2.35. The number of hydrogen-bond donors (Lipinski definition) is 3. The molecule has 160 valence electrons. The van der Waals surface area contributed by atoms with Gasteiger partial charge in [-0.3, -0.25) is 4.79 Å². The first-order valence-corrected chi connectivity index (χ1v) is 10.8. The number of fused-ring (bicyclic) bond motifs is 4. The van der Waals surface area contributed by atoms with Crippen LogP contribution in [0.25, 0.3) is 22.1 Å². The number of carbonyl (C=O) groups excluding carboxylic acids is 2. The van der Waals surface area contributed by atoms with Gasteiger partial charge in [-0.25, -0.2) is 4.79 Å². The molecule has 2 bridgehead atoms. The Morgan fingerprint density at radius 2 is 1.81 bits per heavy atom. The maximum atomic E-state index is 13.0. The Morgan fingerprint density at radius 1 is 1.03 bits per heavy atom. The minimum absolute atomic E-state index is 0.169. The van der Waals surface area contributed by atoms with E-state index >= 15 is 0 Å². The molecule has 3 amide bonds. The second kappa shape index (κ2) is 8.07. The summed E-state index contributed by atoms with van der Waals surface area (Å²) in [6.45, 7) is 3.18. The molecule has 1 atom stereocenters. The molecular formula is C24H26N4O3. The minimum atomic E-state index is -0.295. The Labute approximate surface area is 180 Å². The first-order valence-electron chi connectivity index (χ1n) is 10.8. The molecule has 3 fully saturated rings. The zero-order valence-corrected chi connectivity index (χ0v) is 17.5. The highest BCUT2D eigenvalue weighted by Gasteiger charge is 2.35. The Morgan fingerprint density at radius 3 is 2.55 bits per heavy atom. The monoisotopic (exact) mass is 418 g/mol. The zero-order chi connectivity index (χ0) is 21.4. The molecule has 0 spiro atoms. The average Bonchev–Trinajstić information content (AvgIpc) is 3.25. The lowest BCUT2D eigenvalue weighted by molar-refractivity contribution is 0.0607. The highest BCUT2D eigenvalue weighted by atomic mass is 16.3. The fourth-order valence-corrected chi connectivity index (χ4v) is 4.77. The summed E-state index contributed by atoms with van der Waals surface area (Å²) in [5, 5.41) is 9.46. The summed E-state index contributed by atoms with van der Waals surface area (Å²) in [7, 11) is 1.57. The number of piperidine rings is 3. The van der Waals surface area contributed by atoms with E-state index in [-0.39, 0.29) is 18.0 Å². The number of rotatable bonds is 4. The van der Waals surface area contributed by atoms with Gasteiger partial charge in [-0.2, -0.15) is 0 Å². The standard InChI is InChI=1S/C24H26N4O3/c1-25-24(30)27-19-8-3-2-6-17(19)18-7-4-5-16-13-21(31-22(16)18)23(29)26-20-14-28-11-9-15(20)10-12-28/h2-8,13,15,20H,9-12,14H2,1H3,(H,26,29)(H2,25,27,30). The number of carbonyl (C=O) groups is 2. The fraction of sp³-hybridized carbons (Fsp3) is 0.333. The van der Waals surface area contributed by atoms with Crippen molar-refractivity contribution in [3.05, 3.63) is 54.3 Å². The van der Waals surface area contributed by atoms with Gasteiger partial charge >= 0.3 is 6.03 Å². The van der Waals surface area contributed by atoms with E-state index in [0.717, 1.165) is 49.0 Å². The second-order valence-electron chi connectivity index (χ2n) is 8.30. The molecule has 4 heterocycles. The molecule has 6 rings (SSSR count). The van der Waals surface area contributed by atoms with E-state index in [1.807, 2.05) is 42.5 Å². The van der Waals surface area contributed by atoms with Crippen LogP contribution in [0, 0.1) is 5.92 Å². The van der Waals surface area contributed by atoms with Crippen molar-refractivity contribution in [1.82, 2.24) is 15.5 Å². The summed E-state index contributed by atoms with van der Waals surface area (Å²) in [5.41, 5.74) is 2.96. The van der Waals surface area contributed by atoms with Crippen LogP contribution in [0.3, 0.4) is 0 Å². The zero-order valence-electron chi connectivity index (χ0n) is 17.5. The van der Waals surface area contributed by atoms with E-state index in [2.05, 4.69) is 20.9 Å². The molecule has 7 nitrogen and oxygen atoms in total. The highest BCUT2D eigenvalue weighted by molar-refractivity contribution is 6.03. The van der Waals surface area contributed by atoms with Gasteiger partial charge in [0.1, 0.15) is 5.58 Å². The minimum Gasteiger partial charge on any atom is -0.450 e. The van der Waals surface area contributed by atoms with Gasteiger partial charge in [0.2, 0.25) is 0 Å². The molecule has 3 aliphatic rings. The number of para-hydroxylation sites is 2. The maximum Gasteiger partial charge on any atom is 0.318 e. The van der Waals surface area contributed by atoms with Gasteiger partial charge in [0.15, 0.2) is 5.76 Å². The third-order valence-corrected chi connectivity index (χ3v) is 6.43. The largest absolute Gasteiger partial charge is 0.450 e. The first-order chi connectivity index (χ1) is 15.1. The summed E-state index contributed by atoms with van der Waals surface area (Å²) in [6.07, 6.45) is 2.29. The van der Waals surface area contributed by atoms with Crippen LogP contribution in [-0.4, -0.2) is 49.6 Å². The molecule has 3 aromatic rings. The van der Waals surface area contributed by atoms with Crippen LogP contribution in [0.1, 0.15) is 23.4 Å². The lowest BCUT2D eigenvalue weighted by Gasteiger charge is -2.44. The van der Waals surface area contributed by atoms with E-state index in [9.17, 15) is 9.59 Å². The van der Waals surface area contributed by atoms with Crippen LogP contribution in [0.2, 0.25) is 0 Å². The van der Waals surface area contributed by atoms with Crippen molar-refractivity contribution in [2.24, 2.45) is 5.92 Å². The number of furan rings is 1. The smallest absolute Gasteiger partial charge is 0.318 e. The Balaban J connectivity index is 1.45. The fourth-order valence-electron chi connectivity index (χ4n) is 4.77. The quantitative estimate of drug-likeness (QED) is 0.603. The molecule has 1 unspecified atom stereocenters. The third kappa shape index (κ3) is 3.77. The number of nitrogens with one attached hydrogen (secondary N) is 3. The van der Waals surface area contributed by atoms with Gasteiger partial charge in [0, 0.05) is 36.1 Å². The van der Waals surface area contributed by atoms with Gasteiger partial charge in [-0.05, 0) is 44.0 Å². The third-order valence-electron chi connectivity index (χ3n) is 6.43. The predicted molar refractivity (Wildman–Crippen MR) is 120 cm³/mol. The number of urea groups is 1. The van der Waals surface area contributed by atoms with Gasteiger partial charge in [-0.15, -0.1) is 0 Å². The first kappa shape index (κ1) is 19.6. The van der Waals surface area contributed by atoms with Crippen LogP contribution in [0.5, 0.6) is 0 Å². The molecule has 3 aliphatic heterocycles. The van der Waals surface area contributed by atoms with Crippen LogP contribution in [-0.2, 0) is 0 Å². The second-order valence-corrected chi connectivity index (χ2v) is 8.30. The predicted octanol–water partition coefficient (Wildman–Crippen LogP) is 3.68. The molecule has 0 aliphatic carbocycles. The van der Waals surface area contributed by atoms with Crippen LogP contribution in [0.15, 0.2) is 52.9 Å². The van der Waals surface area contributed by atoms with Gasteiger partial charge < -0.3 is 25.3 Å². The number of nitrogens with zero attached hydrogens (tertiary/aromatic N) is 1. The summed E-state index contributed by atoms with van der Waals surface area (Å²) in [5.74, 6) is 0.699. The van der Waals surface area contributed by atoms with Crippen LogP contribution in [0.4, 0.5) is 10.5 Å². The topological polar surface area (TPSA) is 86.6 Å². The molecule has 0 saturated carbocycles. The van der Waals surface area contributed by atoms with Crippen molar-refractivity contribution in [3.63, 3.8) is 0 Å². The summed E-state index contributed by atoms with van der Waals surface area (Å²) < 4.78 is 6.07. The van der Waals surface area contributed by atoms with Gasteiger partial charge in [0.05, 0.1) is 5.69 Å². The van der Waals surface area contributed by atoms with Crippen molar-refractivity contribution < 1.29 is 14.0 Å². The van der Waals surface area contributed by atoms with Crippen molar-refractivity contribution in [1.29, 1.82) is 0 Å². The van der Waals surface area contributed by atoms with E-state index in [1.54, 1.807) is 13.1 Å². The van der Waals surface area contributed by atoms with E-state index in [1.165, 1.54) is 0 Å². The molecule has 2 aromatic carbocycles. The molecule has 0 radical (unpaired) electrons. The lowest BCUT2D eigenvalue weighted by Crippen LogP contribution is -2.57. The molecule has 3 N–H and O–H groups in total. The number of benzene rings is 2. The normalized spacial score (nSPS) is 22.3. The van der Waals surface area contributed by atoms with E-state index in [4.69, 9.17) is 4.42 Å².